The van der Waals surface area contributed by atoms with Gasteiger partial charge in [0.15, 0.2) is 0 Å². The lowest BCUT2D eigenvalue weighted by Gasteiger charge is -2.26. The normalized spacial score (nSPS) is 22.3. The monoisotopic (exact) mass is 299 g/mol. The van der Waals surface area contributed by atoms with Gasteiger partial charge in [0.05, 0.1) is 6.61 Å². The van der Waals surface area contributed by atoms with Crippen LogP contribution >= 0.6 is 0 Å². The molecular formula is C15H25NO5. The van der Waals surface area contributed by atoms with Gasteiger partial charge in [-0.2, -0.15) is 0 Å². The third-order valence-electron chi connectivity index (χ3n) is 3.15. The fourth-order valence-corrected chi connectivity index (χ4v) is 2.08. The molecule has 0 N–H and O–H groups in total. The molecule has 0 aromatic rings. The van der Waals surface area contributed by atoms with E-state index in [0.29, 0.717) is 6.61 Å². The van der Waals surface area contributed by atoms with Crippen LogP contribution in [0.25, 0.3) is 0 Å². The summed E-state index contributed by atoms with van der Waals surface area (Å²) in [5.41, 5.74) is -0.722. The maximum Gasteiger partial charge on any atom is 0.417 e. The molecule has 0 unspecified atom stereocenters. The molecule has 0 aliphatic carbocycles. The number of hydrogen-bond donors (Lipinski definition) is 0. The Morgan fingerprint density at radius 1 is 1.33 bits per heavy atom. The Morgan fingerprint density at radius 2 is 1.95 bits per heavy atom. The zero-order chi connectivity index (χ0) is 16.2. The number of likely N-dealkylation sites (tertiary alicyclic amines) is 1. The molecule has 0 aromatic heterocycles. The number of imide groups is 1. The smallest absolute Gasteiger partial charge is 0.417 e. The lowest BCUT2D eigenvalue weighted by molar-refractivity contribution is -0.151. The van der Waals surface area contributed by atoms with Gasteiger partial charge in [-0.25, -0.2) is 14.5 Å². The van der Waals surface area contributed by atoms with Crippen molar-refractivity contribution in [3.8, 4) is 0 Å². The lowest BCUT2D eigenvalue weighted by Crippen LogP contribution is -2.46. The molecule has 1 saturated heterocycles. The van der Waals surface area contributed by atoms with E-state index in [1.165, 1.54) is 0 Å². The van der Waals surface area contributed by atoms with Crippen LogP contribution in [0.5, 0.6) is 0 Å². The standard InChI is InChI=1S/C15H25NO5/c1-6-7-8-20-13(18)11-9-10(2)12(17)16(11)14(19)21-15(3,4)5/h10-11H,6-9H2,1-5H3/t10-,11-/m0/s1. The van der Waals surface area contributed by atoms with Gasteiger partial charge in [0.25, 0.3) is 0 Å². The van der Waals surface area contributed by atoms with Crippen molar-refractivity contribution >= 4 is 18.0 Å². The van der Waals surface area contributed by atoms with Crippen LogP contribution in [0.1, 0.15) is 53.9 Å². The quantitative estimate of drug-likeness (QED) is 0.589. The molecule has 6 nitrogen and oxygen atoms in total. The van der Waals surface area contributed by atoms with E-state index in [4.69, 9.17) is 9.47 Å². The van der Waals surface area contributed by atoms with E-state index in [1.807, 2.05) is 6.92 Å². The number of esters is 1. The van der Waals surface area contributed by atoms with Gasteiger partial charge in [0.1, 0.15) is 11.6 Å². The lowest BCUT2D eigenvalue weighted by atomic mass is 10.1. The molecule has 0 radical (unpaired) electrons. The Balaban J connectivity index is 2.79. The molecule has 0 aromatic carbocycles. The van der Waals surface area contributed by atoms with E-state index in [2.05, 4.69) is 0 Å². The van der Waals surface area contributed by atoms with Gasteiger partial charge >= 0.3 is 12.1 Å². The highest BCUT2D eigenvalue weighted by molar-refractivity contribution is 6.00. The van der Waals surface area contributed by atoms with Crippen molar-refractivity contribution < 1.29 is 23.9 Å². The molecule has 21 heavy (non-hydrogen) atoms. The number of carbonyl (C=O) groups is 3. The summed E-state index contributed by atoms with van der Waals surface area (Å²) >= 11 is 0. The Hall–Kier alpha value is -1.59. The summed E-state index contributed by atoms with van der Waals surface area (Å²) in [5, 5.41) is 0. The van der Waals surface area contributed by atoms with Gasteiger partial charge in [0.2, 0.25) is 5.91 Å². The molecule has 1 aliphatic heterocycles. The second-order valence-electron chi connectivity index (χ2n) is 6.36. The van der Waals surface area contributed by atoms with Crippen LogP contribution in [-0.4, -0.2) is 41.1 Å². The highest BCUT2D eigenvalue weighted by Crippen LogP contribution is 2.27. The summed E-state index contributed by atoms with van der Waals surface area (Å²) in [6, 6.07) is -0.876. The molecule has 0 spiro atoms. The van der Waals surface area contributed by atoms with Gasteiger partial charge < -0.3 is 9.47 Å². The van der Waals surface area contributed by atoms with Crippen molar-refractivity contribution in [2.45, 2.75) is 65.5 Å². The van der Waals surface area contributed by atoms with Crippen LogP contribution in [0, 0.1) is 5.92 Å². The second-order valence-corrected chi connectivity index (χ2v) is 6.36. The molecule has 1 fully saturated rings. The predicted octanol–water partition coefficient (Wildman–Crippen LogP) is 2.50. The summed E-state index contributed by atoms with van der Waals surface area (Å²) in [4.78, 5) is 37.2. The number of carbonyl (C=O) groups excluding carboxylic acids is 3. The summed E-state index contributed by atoms with van der Waals surface area (Å²) in [6.07, 6.45) is 1.16. The van der Waals surface area contributed by atoms with Gasteiger partial charge in [0, 0.05) is 5.92 Å². The average molecular weight is 299 g/mol. The van der Waals surface area contributed by atoms with Crippen molar-refractivity contribution in [1.82, 2.24) is 4.90 Å². The van der Waals surface area contributed by atoms with E-state index in [9.17, 15) is 14.4 Å². The minimum Gasteiger partial charge on any atom is -0.464 e. The van der Waals surface area contributed by atoms with Crippen molar-refractivity contribution in [2.75, 3.05) is 6.61 Å². The van der Waals surface area contributed by atoms with Gasteiger partial charge in [-0.3, -0.25) is 4.79 Å². The SMILES string of the molecule is CCCCOC(=O)[C@@H]1C[C@H](C)C(=O)N1C(=O)OC(C)(C)C. The van der Waals surface area contributed by atoms with Gasteiger partial charge in [-0.05, 0) is 33.6 Å². The zero-order valence-electron chi connectivity index (χ0n) is 13.5. The van der Waals surface area contributed by atoms with Crippen LogP contribution in [-0.2, 0) is 19.1 Å². The van der Waals surface area contributed by atoms with Crippen LogP contribution in [0.3, 0.4) is 0 Å². The van der Waals surface area contributed by atoms with Crippen LogP contribution < -0.4 is 0 Å². The minimum absolute atomic E-state index is 0.281. The maximum absolute atomic E-state index is 12.1. The van der Waals surface area contributed by atoms with Crippen LogP contribution in [0.15, 0.2) is 0 Å². The van der Waals surface area contributed by atoms with Crippen molar-refractivity contribution in [3.63, 3.8) is 0 Å². The second kappa shape index (κ2) is 6.91. The topological polar surface area (TPSA) is 72.9 Å². The first kappa shape index (κ1) is 17.5. The highest BCUT2D eigenvalue weighted by atomic mass is 16.6. The Bertz CT molecular complexity index is 413. The summed E-state index contributed by atoms with van der Waals surface area (Å²) in [7, 11) is 0. The number of hydrogen-bond acceptors (Lipinski definition) is 5. The Labute approximate surface area is 125 Å². The number of ether oxygens (including phenoxy) is 2. The van der Waals surface area contributed by atoms with E-state index < -0.39 is 23.7 Å². The van der Waals surface area contributed by atoms with E-state index in [1.54, 1.807) is 27.7 Å². The molecule has 2 amide bonds. The van der Waals surface area contributed by atoms with Gasteiger partial charge in [-0.1, -0.05) is 20.3 Å². The molecule has 120 valence electrons. The predicted molar refractivity (Wildman–Crippen MR) is 76.5 cm³/mol. The first-order valence-corrected chi connectivity index (χ1v) is 7.40. The molecule has 2 atom stereocenters. The van der Waals surface area contributed by atoms with E-state index in [0.717, 1.165) is 17.7 Å². The largest absolute Gasteiger partial charge is 0.464 e. The van der Waals surface area contributed by atoms with Gasteiger partial charge in [-0.15, -0.1) is 0 Å². The highest BCUT2D eigenvalue weighted by Gasteiger charge is 2.47. The summed E-state index contributed by atoms with van der Waals surface area (Å²) in [5.74, 6) is -1.31. The Morgan fingerprint density at radius 3 is 2.48 bits per heavy atom. The van der Waals surface area contributed by atoms with Crippen molar-refractivity contribution in [1.29, 1.82) is 0 Å². The average Bonchev–Trinajstić information content (AvgIpc) is 2.64. The fraction of sp³-hybridized carbons (Fsp3) is 0.800. The van der Waals surface area contributed by atoms with Crippen LogP contribution in [0.4, 0.5) is 4.79 Å². The third kappa shape index (κ3) is 4.72. The number of nitrogens with zero attached hydrogens (tertiary/aromatic N) is 1. The van der Waals surface area contributed by atoms with E-state index >= 15 is 0 Å². The first-order valence-electron chi connectivity index (χ1n) is 7.40. The van der Waals surface area contributed by atoms with Crippen molar-refractivity contribution in [3.05, 3.63) is 0 Å². The molecule has 0 saturated carbocycles. The molecule has 0 bridgehead atoms. The minimum atomic E-state index is -0.876. The molecular weight excluding hydrogens is 274 g/mol. The van der Waals surface area contributed by atoms with E-state index in [-0.39, 0.29) is 18.2 Å². The Kier molecular flexibility index (Phi) is 5.75. The molecule has 6 heteroatoms. The zero-order valence-corrected chi connectivity index (χ0v) is 13.5. The molecule has 1 aliphatic rings. The number of amides is 2. The third-order valence-corrected chi connectivity index (χ3v) is 3.15. The fourth-order valence-electron chi connectivity index (χ4n) is 2.08. The molecule has 1 heterocycles. The summed E-state index contributed by atoms with van der Waals surface area (Å²) < 4.78 is 10.3. The number of rotatable bonds is 4. The summed E-state index contributed by atoms with van der Waals surface area (Å²) in [6.45, 7) is 9.12. The van der Waals surface area contributed by atoms with Crippen molar-refractivity contribution in [2.24, 2.45) is 5.92 Å². The molecule has 1 rings (SSSR count). The first-order chi connectivity index (χ1) is 9.67. The number of unbranched alkanes of at least 4 members (excludes halogenated alkanes) is 1. The van der Waals surface area contributed by atoms with Crippen LogP contribution in [0.2, 0.25) is 0 Å². The maximum atomic E-state index is 12.1.